The number of H-pyrrole nitrogens is 1. The number of aromatic nitrogens is 1. The molecular weight excluding hydrogens is 295 g/mol. The van der Waals surface area contributed by atoms with Crippen LogP contribution >= 0.6 is 11.6 Å². The molecule has 1 aliphatic rings. The number of carbonyl (C=O) groups is 1. The average Bonchev–Trinajstić information content (AvgIpc) is 2.98. The van der Waals surface area contributed by atoms with Gasteiger partial charge in [-0.2, -0.15) is 0 Å². The lowest BCUT2D eigenvalue weighted by molar-refractivity contribution is 0.133. The van der Waals surface area contributed by atoms with Gasteiger partial charge in [0.25, 0.3) is 0 Å². The molecule has 4 nitrogen and oxygen atoms in total. The van der Waals surface area contributed by atoms with Gasteiger partial charge in [0.15, 0.2) is 0 Å². The number of aromatic amines is 1. The van der Waals surface area contributed by atoms with Crippen LogP contribution in [0.1, 0.15) is 30.5 Å². The first kappa shape index (κ1) is 14.2. The maximum Gasteiger partial charge on any atom is 0.404 e. The number of benzene rings is 1. The van der Waals surface area contributed by atoms with E-state index in [-0.39, 0.29) is 23.5 Å². The van der Waals surface area contributed by atoms with Gasteiger partial charge in [-0.15, -0.1) is 0 Å². The fraction of sp³-hybridized carbons (Fsp3) is 0.400. The number of hydrogen-bond donors (Lipinski definition) is 2. The van der Waals surface area contributed by atoms with Crippen LogP contribution in [0.5, 0.6) is 0 Å². The zero-order chi connectivity index (χ0) is 15.1. The Labute approximate surface area is 126 Å². The van der Waals surface area contributed by atoms with Crippen molar-refractivity contribution in [3.63, 3.8) is 0 Å². The summed E-state index contributed by atoms with van der Waals surface area (Å²) in [6, 6.07) is 3.07. The Morgan fingerprint density at radius 2 is 2.38 bits per heavy atom. The molecule has 2 atom stereocenters. The highest BCUT2D eigenvalue weighted by Crippen LogP contribution is 2.45. The van der Waals surface area contributed by atoms with Crippen molar-refractivity contribution in [3.8, 4) is 0 Å². The fourth-order valence-corrected chi connectivity index (χ4v) is 3.51. The van der Waals surface area contributed by atoms with E-state index in [1.165, 1.54) is 6.07 Å². The molecule has 0 saturated carbocycles. The number of aryl methyl sites for hydroxylation is 1. The van der Waals surface area contributed by atoms with Gasteiger partial charge in [-0.1, -0.05) is 18.5 Å². The molecule has 0 spiro atoms. The standard InChI is InChI=1S/C15H16ClFN2O2/c1-7(6-21-15(18)20)8-2-4-10-12(8)13-11(19-10)5-3-9(17)14(13)16/h3,5,7-8,19H,2,4,6H2,1H3,(H2,18,20). The molecule has 1 aromatic heterocycles. The molecule has 3 N–H and O–H groups in total. The molecule has 0 saturated heterocycles. The van der Waals surface area contributed by atoms with Gasteiger partial charge in [-0.25, -0.2) is 9.18 Å². The summed E-state index contributed by atoms with van der Waals surface area (Å²) in [6.07, 6.45) is 1.03. The fourth-order valence-electron chi connectivity index (χ4n) is 3.25. The van der Waals surface area contributed by atoms with Gasteiger partial charge in [-0.05, 0) is 42.4 Å². The van der Waals surface area contributed by atoms with Gasteiger partial charge in [0.05, 0.1) is 11.6 Å². The van der Waals surface area contributed by atoms with Crippen molar-refractivity contribution in [2.24, 2.45) is 11.7 Å². The number of nitrogens with one attached hydrogen (secondary N) is 1. The molecule has 1 heterocycles. The zero-order valence-electron chi connectivity index (χ0n) is 11.6. The van der Waals surface area contributed by atoms with E-state index in [9.17, 15) is 9.18 Å². The van der Waals surface area contributed by atoms with Gasteiger partial charge in [0.1, 0.15) is 5.82 Å². The van der Waals surface area contributed by atoms with Gasteiger partial charge in [0, 0.05) is 16.6 Å². The van der Waals surface area contributed by atoms with Crippen LogP contribution in [0.4, 0.5) is 9.18 Å². The lowest BCUT2D eigenvalue weighted by atomic mass is 9.88. The zero-order valence-corrected chi connectivity index (χ0v) is 12.3. The van der Waals surface area contributed by atoms with Crippen LogP contribution in [0.15, 0.2) is 12.1 Å². The molecule has 6 heteroatoms. The highest BCUT2D eigenvalue weighted by molar-refractivity contribution is 6.36. The molecule has 2 aromatic rings. The molecule has 0 aliphatic heterocycles. The third-order valence-corrected chi connectivity index (χ3v) is 4.60. The van der Waals surface area contributed by atoms with E-state index in [4.69, 9.17) is 22.1 Å². The Kier molecular flexibility index (Phi) is 3.53. The first-order valence-corrected chi connectivity index (χ1v) is 7.27. The van der Waals surface area contributed by atoms with Crippen LogP contribution in [0.2, 0.25) is 5.02 Å². The van der Waals surface area contributed by atoms with Gasteiger partial charge in [-0.3, -0.25) is 0 Å². The topological polar surface area (TPSA) is 68.1 Å². The number of fused-ring (bicyclic) bond motifs is 3. The van der Waals surface area contributed by atoms with Crippen molar-refractivity contribution >= 4 is 28.6 Å². The first-order valence-electron chi connectivity index (χ1n) is 6.89. The maximum absolute atomic E-state index is 13.7. The molecule has 1 aliphatic carbocycles. The third-order valence-electron chi connectivity index (χ3n) is 4.23. The molecule has 112 valence electrons. The number of carbonyl (C=O) groups excluding carboxylic acids is 1. The number of amides is 1. The second-order valence-corrected chi connectivity index (χ2v) is 5.93. The summed E-state index contributed by atoms with van der Waals surface area (Å²) in [6.45, 7) is 2.24. The summed E-state index contributed by atoms with van der Waals surface area (Å²) in [5, 5.41) is 0.903. The summed E-state index contributed by atoms with van der Waals surface area (Å²) in [7, 11) is 0. The van der Waals surface area contributed by atoms with Crippen molar-refractivity contribution in [2.75, 3.05) is 6.61 Å². The monoisotopic (exact) mass is 310 g/mol. The predicted molar refractivity (Wildman–Crippen MR) is 79.0 cm³/mol. The predicted octanol–water partition coefficient (Wildman–Crippen LogP) is 3.72. The van der Waals surface area contributed by atoms with Crippen molar-refractivity contribution in [2.45, 2.75) is 25.7 Å². The van der Waals surface area contributed by atoms with Crippen LogP contribution in [0.25, 0.3) is 10.9 Å². The van der Waals surface area contributed by atoms with Crippen molar-refractivity contribution in [1.82, 2.24) is 4.98 Å². The lowest BCUT2D eigenvalue weighted by Gasteiger charge is -2.19. The molecule has 1 amide bonds. The Balaban J connectivity index is 2.00. The molecular formula is C15H16ClFN2O2. The largest absolute Gasteiger partial charge is 0.449 e. The van der Waals surface area contributed by atoms with E-state index in [0.717, 1.165) is 35.0 Å². The van der Waals surface area contributed by atoms with Crippen molar-refractivity contribution in [3.05, 3.63) is 34.2 Å². The lowest BCUT2D eigenvalue weighted by Crippen LogP contribution is -2.20. The maximum atomic E-state index is 13.7. The average molecular weight is 311 g/mol. The highest BCUT2D eigenvalue weighted by Gasteiger charge is 2.32. The summed E-state index contributed by atoms with van der Waals surface area (Å²) < 4.78 is 18.6. The second kappa shape index (κ2) is 5.22. The quantitative estimate of drug-likeness (QED) is 0.907. The third kappa shape index (κ3) is 2.35. The number of primary amides is 1. The minimum Gasteiger partial charge on any atom is -0.449 e. The normalized spacial score (nSPS) is 18.7. The molecule has 2 unspecified atom stereocenters. The van der Waals surface area contributed by atoms with Gasteiger partial charge < -0.3 is 15.5 Å². The summed E-state index contributed by atoms with van der Waals surface area (Å²) >= 11 is 6.15. The van der Waals surface area contributed by atoms with Gasteiger partial charge >= 0.3 is 6.09 Å². The molecule has 21 heavy (non-hydrogen) atoms. The molecule has 1 aromatic carbocycles. The van der Waals surface area contributed by atoms with Crippen LogP contribution in [-0.4, -0.2) is 17.7 Å². The smallest absolute Gasteiger partial charge is 0.404 e. The minimum absolute atomic E-state index is 0.0945. The molecule has 0 bridgehead atoms. The van der Waals surface area contributed by atoms with E-state index >= 15 is 0 Å². The second-order valence-electron chi connectivity index (χ2n) is 5.55. The highest BCUT2D eigenvalue weighted by atomic mass is 35.5. The number of rotatable bonds is 3. The van der Waals surface area contributed by atoms with E-state index in [0.29, 0.717) is 0 Å². The number of ether oxygens (including phenoxy) is 1. The van der Waals surface area contributed by atoms with E-state index < -0.39 is 11.9 Å². The van der Waals surface area contributed by atoms with Crippen LogP contribution in [0.3, 0.4) is 0 Å². The van der Waals surface area contributed by atoms with Crippen molar-refractivity contribution in [1.29, 1.82) is 0 Å². The SMILES string of the molecule is CC(COC(N)=O)C1CCc2[nH]c3ccc(F)c(Cl)c3c21. The first-order chi connectivity index (χ1) is 9.99. The summed E-state index contributed by atoms with van der Waals surface area (Å²) in [5.41, 5.74) is 8.00. The Bertz CT molecular complexity index is 713. The Hall–Kier alpha value is -1.75. The number of hydrogen-bond acceptors (Lipinski definition) is 2. The molecule has 3 rings (SSSR count). The molecule has 0 radical (unpaired) electrons. The van der Waals surface area contributed by atoms with E-state index in [1.807, 2.05) is 6.92 Å². The van der Waals surface area contributed by atoms with Crippen LogP contribution in [-0.2, 0) is 11.2 Å². The van der Waals surface area contributed by atoms with E-state index in [1.54, 1.807) is 6.07 Å². The van der Waals surface area contributed by atoms with Crippen molar-refractivity contribution < 1.29 is 13.9 Å². The Morgan fingerprint density at radius 3 is 3.10 bits per heavy atom. The summed E-state index contributed by atoms with van der Waals surface area (Å²) in [5.74, 6) is -0.151. The number of nitrogens with two attached hydrogens (primary N) is 1. The Morgan fingerprint density at radius 1 is 1.62 bits per heavy atom. The summed E-state index contributed by atoms with van der Waals surface area (Å²) in [4.78, 5) is 14.1. The number of halogens is 2. The molecule has 0 fully saturated rings. The van der Waals surface area contributed by atoms with Crippen LogP contribution < -0.4 is 5.73 Å². The van der Waals surface area contributed by atoms with Crippen LogP contribution in [0, 0.1) is 11.7 Å². The van der Waals surface area contributed by atoms with Gasteiger partial charge in [0.2, 0.25) is 0 Å². The van der Waals surface area contributed by atoms with E-state index in [2.05, 4.69) is 4.98 Å². The minimum atomic E-state index is -0.775.